The molecular formula is C15H21FN2O3S. The molecule has 0 atom stereocenters. The first kappa shape index (κ1) is 16.9. The SMILES string of the molecule is CS(=O)(=O)CCN1CCN(C(=O)Cc2ccc(F)cc2)CC1. The van der Waals surface area contributed by atoms with Crippen molar-refractivity contribution in [1.82, 2.24) is 9.80 Å². The fourth-order valence-corrected chi connectivity index (χ4v) is 2.99. The van der Waals surface area contributed by atoms with Gasteiger partial charge in [-0.3, -0.25) is 9.69 Å². The molecular weight excluding hydrogens is 307 g/mol. The Kier molecular flexibility index (Phi) is 5.52. The van der Waals surface area contributed by atoms with Gasteiger partial charge in [0.25, 0.3) is 0 Å². The number of nitrogens with zero attached hydrogens (tertiary/aromatic N) is 2. The van der Waals surface area contributed by atoms with Crippen LogP contribution in [0.5, 0.6) is 0 Å². The first-order valence-corrected chi connectivity index (χ1v) is 9.32. The third-order valence-corrected chi connectivity index (χ3v) is 4.70. The van der Waals surface area contributed by atoms with Crippen LogP contribution in [0, 0.1) is 5.82 Å². The summed E-state index contributed by atoms with van der Waals surface area (Å²) in [6.45, 7) is 3.09. The Balaban J connectivity index is 1.78. The predicted molar refractivity (Wildman–Crippen MR) is 82.8 cm³/mol. The van der Waals surface area contributed by atoms with Crippen LogP contribution >= 0.6 is 0 Å². The minimum absolute atomic E-state index is 0.0226. The molecule has 1 aromatic rings. The molecule has 0 aliphatic carbocycles. The van der Waals surface area contributed by atoms with Crippen molar-refractivity contribution in [2.75, 3.05) is 44.7 Å². The second-order valence-electron chi connectivity index (χ2n) is 5.66. The molecule has 0 saturated carbocycles. The molecule has 2 rings (SSSR count). The van der Waals surface area contributed by atoms with E-state index < -0.39 is 9.84 Å². The van der Waals surface area contributed by atoms with Crippen molar-refractivity contribution < 1.29 is 17.6 Å². The lowest BCUT2D eigenvalue weighted by atomic mass is 10.1. The second-order valence-corrected chi connectivity index (χ2v) is 7.92. The van der Waals surface area contributed by atoms with Gasteiger partial charge in [-0.1, -0.05) is 12.1 Å². The van der Waals surface area contributed by atoms with Gasteiger partial charge in [0.05, 0.1) is 12.2 Å². The number of piperazine rings is 1. The predicted octanol–water partition coefficient (Wildman–Crippen LogP) is 0.557. The van der Waals surface area contributed by atoms with Crippen LogP contribution < -0.4 is 0 Å². The number of sulfone groups is 1. The van der Waals surface area contributed by atoms with Gasteiger partial charge in [0.2, 0.25) is 5.91 Å². The van der Waals surface area contributed by atoms with E-state index in [1.807, 2.05) is 0 Å². The average Bonchev–Trinajstić information content (AvgIpc) is 2.47. The third-order valence-electron chi connectivity index (χ3n) is 3.77. The minimum Gasteiger partial charge on any atom is -0.340 e. The molecule has 1 aliphatic heterocycles. The molecule has 22 heavy (non-hydrogen) atoms. The molecule has 0 radical (unpaired) electrons. The summed E-state index contributed by atoms with van der Waals surface area (Å²) in [7, 11) is -2.95. The summed E-state index contributed by atoms with van der Waals surface area (Å²) in [4.78, 5) is 16.0. The summed E-state index contributed by atoms with van der Waals surface area (Å²) >= 11 is 0. The fraction of sp³-hybridized carbons (Fsp3) is 0.533. The van der Waals surface area contributed by atoms with Crippen molar-refractivity contribution in [1.29, 1.82) is 0 Å². The first-order valence-electron chi connectivity index (χ1n) is 7.26. The van der Waals surface area contributed by atoms with Crippen LogP contribution in [-0.4, -0.2) is 68.9 Å². The Morgan fingerprint density at radius 3 is 2.27 bits per heavy atom. The standard InChI is InChI=1S/C15H21FN2O3S/c1-22(20,21)11-10-17-6-8-18(9-7-17)15(19)12-13-2-4-14(16)5-3-13/h2-5H,6-12H2,1H3. The number of amides is 1. The highest BCUT2D eigenvalue weighted by Gasteiger charge is 2.21. The van der Waals surface area contributed by atoms with Crippen LogP contribution in [0.15, 0.2) is 24.3 Å². The number of carbonyl (C=O) groups excluding carboxylic acids is 1. The highest BCUT2D eigenvalue weighted by atomic mass is 32.2. The molecule has 7 heteroatoms. The Labute approximate surface area is 130 Å². The summed E-state index contributed by atoms with van der Waals surface area (Å²) in [5.74, 6) is -0.138. The molecule has 1 amide bonds. The number of hydrogen-bond acceptors (Lipinski definition) is 4. The van der Waals surface area contributed by atoms with Gasteiger partial charge in [-0.05, 0) is 17.7 Å². The monoisotopic (exact) mass is 328 g/mol. The van der Waals surface area contributed by atoms with Gasteiger partial charge >= 0.3 is 0 Å². The highest BCUT2D eigenvalue weighted by Crippen LogP contribution is 2.08. The maximum atomic E-state index is 12.8. The van der Waals surface area contributed by atoms with E-state index >= 15 is 0 Å². The summed E-state index contributed by atoms with van der Waals surface area (Å²) in [5.41, 5.74) is 0.797. The van der Waals surface area contributed by atoms with E-state index in [4.69, 9.17) is 0 Å². The molecule has 0 spiro atoms. The molecule has 0 bridgehead atoms. The van der Waals surface area contributed by atoms with Gasteiger partial charge in [-0.25, -0.2) is 12.8 Å². The smallest absolute Gasteiger partial charge is 0.227 e. The van der Waals surface area contributed by atoms with Crippen LogP contribution in [0.4, 0.5) is 4.39 Å². The van der Waals surface area contributed by atoms with E-state index in [-0.39, 0.29) is 23.9 Å². The minimum atomic E-state index is -2.95. The lowest BCUT2D eigenvalue weighted by molar-refractivity contribution is -0.132. The molecule has 1 saturated heterocycles. The van der Waals surface area contributed by atoms with Gasteiger partial charge in [0, 0.05) is 39.0 Å². The largest absolute Gasteiger partial charge is 0.340 e. The molecule has 0 unspecified atom stereocenters. The lowest BCUT2D eigenvalue weighted by Crippen LogP contribution is -2.50. The number of carbonyl (C=O) groups is 1. The quantitative estimate of drug-likeness (QED) is 0.792. The summed E-state index contributed by atoms with van der Waals surface area (Å²) < 4.78 is 35.1. The molecule has 0 N–H and O–H groups in total. The van der Waals surface area contributed by atoms with Crippen molar-refractivity contribution in [3.05, 3.63) is 35.6 Å². The number of rotatable bonds is 5. The number of benzene rings is 1. The van der Waals surface area contributed by atoms with E-state index in [9.17, 15) is 17.6 Å². The fourth-order valence-electron chi connectivity index (χ4n) is 2.40. The zero-order valence-electron chi connectivity index (χ0n) is 12.7. The van der Waals surface area contributed by atoms with Crippen LogP contribution in [0.2, 0.25) is 0 Å². The zero-order valence-corrected chi connectivity index (χ0v) is 13.5. The Bertz CT molecular complexity index is 608. The number of halogens is 1. The zero-order chi connectivity index (χ0) is 16.2. The molecule has 1 aromatic carbocycles. The van der Waals surface area contributed by atoms with Gasteiger partial charge in [-0.15, -0.1) is 0 Å². The molecule has 122 valence electrons. The van der Waals surface area contributed by atoms with Gasteiger partial charge in [0.15, 0.2) is 0 Å². The summed E-state index contributed by atoms with van der Waals surface area (Å²) in [5, 5.41) is 0. The van der Waals surface area contributed by atoms with Crippen molar-refractivity contribution in [2.45, 2.75) is 6.42 Å². The molecule has 1 aliphatic rings. The van der Waals surface area contributed by atoms with Crippen LogP contribution in [-0.2, 0) is 21.1 Å². The topological polar surface area (TPSA) is 57.7 Å². The summed E-state index contributed by atoms with van der Waals surface area (Å²) in [6, 6.07) is 5.95. The second kappa shape index (κ2) is 7.19. The maximum absolute atomic E-state index is 12.8. The van der Waals surface area contributed by atoms with Crippen molar-refractivity contribution in [3.63, 3.8) is 0 Å². The summed E-state index contributed by atoms with van der Waals surface area (Å²) in [6.07, 6.45) is 1.50. The Hall–Kier alpha value is -1.47. The van der Waals surface area contributed by atoms with Gasteiger partial charge < -0.3 is 4.90 Å². The molecule has 1 heterocycles. The van der Waals surface area contributed by atoms with E-state index in [0.717, 1.165) is 5.56 Å². The van der Waals surface area contributed by atoms with E-state index in [1.54, 1.807) is 17.0 Å². The Morgan fingerprint density at radius 1 is 1.14 bits per heavy atom. The van der Waals surface area contributed by atoms with E-state index in [1.165, 1.54) is 18.4 Å². The van der Waals surface area contributed by atoms with Crippen LogP contribution in [0.3, 0.4) is 0 Å². The van der Waals surface area contributed by atoms with Crippen molar-refractivity contribution >= 4 is 15.7 Å². The van der Waals surface area contributed by atoms with E-state index in [2.05, 4.69) is 4.90 Å². The van der Waals surface area contributed by atoms with Gasteiger partial charge in [0.1, 0.15) is 15.7 Å². The average molecular weight is 328 g/mol. The third kappa shape index (κ3) is 5.38. The van der Waals surface area contributed by atoms with Crippen LogP contribution in [0.1, 0.15) is 5.56 Å². The highest BCUT2D eigenvalue weighted by molar-refractivity contribution is 7.90. The normalized spacial score (nSPS) is 16.7. The van der Waals surface area contributed by atoms with Crippen molar-refractivity contribution in [3.8, 4) is 0 Å². The maximum Gasteiger partial charge on any atom is 0.227 e. The molecule has 1 fully saturated rings. The Morgan fingerprint density at radius 2 is 1.73 bits per heavy atom. The first-order chi connectivity index (χ1) is 10.3. The lowest BCUT2D eigenvalue weighted by Gasteiger charge is -2.34. The number of hydrogen-bond donors (Lipinski definition) is 0. The van der Waals surface area contributed by atoms with Crippen LogP contribution in [0.25, 0.3) is 0 Å². The van der Waals surface area contributed by atoms with Crippen molar-refractivity contribution in [2.24, 2.45) is 0 Å². The molecule has 5 nitrogen and oxygen atoms in total. The molecule has 0 aromatic heterocycles. The van der Waals surface area contributed by atoms with E-state index in [0.29, 0.717) is 32.7 Å². The van der Waals surface area contributed by atoms with Gasteiger partial charge in [-0.2, -0.15) is 0 Å².